The predicted octanol–water partition coefficient (Wildman–Crippen LogP) is 4.38. The van der Waals surface area contributed by atoms with Crippen LogP contribution in [0.5, 0.6) is 11.8 Å². The van der Waals surface area contributed by atoms with Crippen LogP contribution in [0, 0.1) is 22.7 Å². The van der Waals surface area contributed by atoms with E-state index >= 15 is 0 Å². The summed E-state index contributed by atoms with van der Waals surface area (Å²) in [4.78, 5) is 25.8. The van der Waals surface area contributed by atoms with E-state index in [-0.39, 0.29) is 23.3 Å². The Kier molecular flexibility index (Phi) is 12.7. The van der Waals surface area contributed by atoms with Crippen molar-refractivity contribution in [3.63, 3.8) is 0 Å². The molecule has 0 spiro atoms. The zero-order valence-electron chi connectivity index (χ0n) is 26.1. The summed E-state index contributed by atoms with van der Waals surface area (Å²) >= 11 is 1.55. The molecule has 5 N–H and O–H groups in total. The van der Waals surface area contributed by atoms with Gasteiger partial charge in [0.15, 0.2) is 0 Å². The molecular weight excluding hydrogens is 550 g/mol. The maximum absolute atomic E-state index is 13.6. The summed E-state index contributed by atoms with van der Waals surface area (Å²) in [5, 5.41) is 12.9. The SMILES string of the molecule is CC.CCCC(COc1cc(OC2CCNCC2)nc(C(=O)/C=C(\N)[C@@]2(C)CCCC3=C2C(C#N)C(N)S3)n1)N(C)C. The van der Waals surface area contributed by atoms with Gasteiger partial charge in [-0.3, -0.25) is 4.79 Å². The lowest BCUT2D eigenvalue weighted by Crippen LogP contribution is -2.35. The van der Waals surface area contributed by atoms with Crippen molar-refractivity contribution in [2.75, 3.05) is 33.8 Å². The Labute approximate surface area is 255 Å². The van der Waals surface area contributed by atoms with Gasteiger partial charge in [0.2, 0.25) is 23.4 Å². The van der Waals surface area contributed by atoms with Crippen LogP contribution >= 0.6 is 11.8 Å². The molecule has 0 bridgehead atoms. The van der Waals surface area contributed by atoms with Gasteiger partial charge < -0.3 is 31.2 Å². The monoisotopic (exact) mass is 599 g/mol. The molecule has 4 atom stereocenters. The van der Waals surface area contributed by atoms with E-state index in [0.29, 0.717) is 24.1 Å². The lowest BCUT2D eigenvalue weighted by Gasteiger charge is -2.37. The molecular formula is C31H49N7O3S. The summed E-state index contributed by atoms with van der Waals surface area (Å²) in [5.41, 5.74) is 13.6. The zero-order valence-corrected chi connectivity index (χ0v) is 26.9. The first-order chi connectivity index (χ1) is 20.2. The fourth-order valence-electron chi connectivity index (χ4n) is 5.76. The van der Waals surface area contributed by atoms with E-state index < -0.39 is 17.1 Å². The molecule has 2 aliphatic heterocycles. The molecule has 0 saturated carbocycles. The van der Waals surface area contributed by atoms with Gasteiger partial charge in [-0.05, 0) is 76.2 Å². The van der Waals surface area contributed by atoms with Crippen LogP contribution in [0.25, 0.3) is 0 Å². The summed E-state index contributed by atoms with van der Waals surface area (Å²) in [6, 6.07) is 4.24. The van der Waals surface area contributed by atoms with Crippen molar-refractivity contribution in [1.29, 1.82) is 5.26 Å². The molecule has 0 radical (unpaired) electrons. The number of hydrogen-bond acceptors (Lipinski definition) is 11. The fraction of sp³-hybridized carbons (Fsp3) is 0.677. The molecule has 3 aliphatic rings. The van der Waals surface area contributed by atoms with E-state index in [0.717, 1.165) is 68.5 Å². The van der Waals surface area contributed by atoms with Crippen LogP contribution in [-0.2, 0) is 0 Å². The maximum atomic E-state index is 13.6. The quantitative estimate of drug-likeness (QED) is 0.245. The van der Waals surface area contributed by atoms with E-state index in [1.165, 1.54) is 6.08 Å². The molecule has 10 nitrogen and oxygen atoms in total. The van der Waals surface area contributed by atoms with Gasteiger partial charge in [-0.25, -0.2) is 0 Å². The number of carbonyl (C=O) groups excluding carboxylic acids is 1. The number of carbonyl (C=O) groups is 1. The second-order valence-corrected chi connectivity index (χ2v) is 12.6. The van der Waals surface area contributed by atoms with Crippen LogP contribution in [0.2, 0.25) is 0 Å². The molecule has 4 rings (SSSR count). The first kappa shape index (κ1) is 33.8. The van der Waals surface area contributed by atoms with E-state index in [1.807, 2.05) is 34.9 Å². The number of ether oxygens (including phenoxy) is 2. The van der Waals surface area contributed by atoms with Gasteiger partial charge in [-0.2, -0.15) is 15.2 Å². The Bertz CT molecular complexity index is 1180. The topological polar surface area (TPSA) is 152 Å². The Morgan fingerprint density at radius 1 is 1.31 bits per heavy atom. The van der Waals surface area contributed by atoms with Crippen molar-refractivity contribution in [1.82, 2.24) is 20.2 Å². The molecule has 1 aromatic rings. The average Bonchev–Trinajstić information content (AvgIpc) is 3.32. The first-order valence-corrected chi connectivity index (χ1v) is 16.2. The lowest BCUT2D eigenvalue weighted by molar-refractivity contribution is 0.102. The van der Waals surface area contributed by atoms with Gasteiger partial charge in [0, 0.05) is 23.2 Å². The average molecular weight is 600 g/mol. The number of piperidine rings is 1. The maximum Gasteiger partial charge on any atom is 0.225 e. The Balaban J connectivity index is 0.00000237. The molecule has 42 heavy (non-hydrogen) atoms. The van der Waals surface area contributed by atoms with Crippen LogP contribution in [0.1, 0.15) is 83.3 Å². The highest BCUT2D eigenvalue weighted by molar-refractivity contribution is 8.03. The van der Waals surface area contributed by atoms with Gasteiger partial charge in [0.05, 0.1) is 23.4 Å². The highest BCUT2D eigenvalue weighted by Crippen LogP contribution is 2.56. The van der Waals surface area contributed by atoms with E-state index in [2.05, 4.69) is 33.2 Å². The van der Waals surface area contributed by atoms with Gasteiger partial charge >= 0.3 is 0 Å². The minimum absolute atomic E-state index is 0.000627. The number of nitrogens with zero attached hydrogens (tertiary/aromatic N) is 4. The third-order valence-corrected chi connectivity index (χ3v) is 9.46. The molecule has 3 heterocycles. The van der Waals surface area contributed by atoms with E-state index in [9.17, 15) is 10.1 Å². The molecule has 1 saturated heterocycles. The Morgan fingerprint density at radius 3 is 2.64 bits per heavy atom. The van der Waals surface area contributed by atoms with Crippen LogP contribution in [-0.4, -0.2) is 72.0 Å². The first-order valence-electron chi connectivity index (χ1n) is 15.3. The number of nitrogens with one attached hydrogen (secondary N) is 1. The molecule has 11 heteroatoms. The highest BCUT2D eigenvalue weighted by atomic mass is 32.2. The van der Waals surface area contributed by atoms with Gasteiger partial charge in [-0.1, -0.05) is 34.1 Å². The normalized spacial score (nSPS) is 25.3. The lowest BCUT2D eigenvalue weighted by atomic mass is 9.67. The summed E-state index contributed by atoms with van der Waals surface area (Å²) in [6.07, 6.45) is 7.65. The number of nitrogens with two attached hydrogens (primary N) is 2. The van der Waals surface area contributed by atoms with Crippen LogP contribution in [0.4, 0.5) is 0 Å². The summed E-state index contributed by atoms with van der Waals surface area (Å²) in [7, 11) is 4.05. The minimum atomic E-state index is -0.633. The molecule has 3 unspecified atom stereocenters. The molecule has 1 fully saturated rings. The molecule has 1 aliphatic carbocycles. The summed E-state index contributed by atoms with van der Waals surface area (Å²) in [6.45, 7) is 10.3. The van der Waals surface area contributed by atoms with Crippen molar-refractivity contribution in [2.24, 2.45) is 22.8 Å². The smallest absolute Gasteiger partial charge is 0.225 e. The molecule has 0 amide bonds. The molecule has 1 aromatic heterocycles. The second-order valence-electron chi connectivity index (χ2n) is 11.3. The standard InChI is InChI=1S/C29H43N7O3S.C2H6/c1-5-7-18(36(3)4)17-38-24-15-25(39-19-9-12-33-13-10-19)35-28(34-24)21(37)14-23(31)29(2)11-6-8-22-26(29)20(16-30)27(32)40-22;1-2/h14-15,18-20,27,33H,5-13,17,31-32H2,1-4H3;1-2H3/b23-14-;/t18?,20?,27?,29-;/m1./s1. The number of likely N-dealkylation sites (N-methyl/N-ethyl adjacent to an activating group) is 1. The van der Waals surface area contributed by atoms with Crippen LogP contribution in [0.3, 0.4) is 0 Å². The third-order valence-electron chi connectivity index (χ3n) is 8.21. The van der Waals surface area contributed by atoms with Crippen LogP contribution in [0.15, 0.2) is 28.3 Å². The molecule has 232 valence electrons. The second kappa shape index (κ2) is 15.7. The number of thioether (sulfide) groups is 1. The van der Waals surface area contributed by atoms with Gasteiger partial charge in [0.25, 0.3) is 0 Å². The number of nitriles is 1. The Morgan fingerprint density at radius 2 is 2.00 bits per heavy atom. The van der Waals surface area contributed by atoms with E-state index in [1.54, 1.807) is 17.8 Å². The number of aromatic nitrogens is 2. The van der Waals surface area contributed by atoms with Crippen molar-refractivity contribution in [3.05, 3.63) is 34.1 Å². The number of ketones is 1. The van der Waals surface area contributed by atoms with Crippen molar-refractivity contribution < 1.29 is 14.3 Å². The van der Waals surface area contributed by atoms with E-state index in [4.69, 9.17) is 20.9 Å². The number of allylic oxidation sites excluding steroid dienone is 3. The minimum Gasteiger partial charge on any atom is -0.476 e. The van der Waals surface area contributed by atoms with Gasteiger partial charge in [0.1, 0.15) is 12.7 Å². The van der Waals surface area contributed by atoms with Gasteiger partial charge in [-0.15, -0.1) is 11.8 Å². The summed E-state index contributed by atoms with van der Waals surface area (Å²) < 4.78 is 12.3. The number of rotatable bonds is 11. The number of hydrogen-bond donors (Lipinski definition) is 3. The Hall–Kier alpha value is -2.65. The summed E-state index contributed by atoms with van der Waals surface area (Å²) in [5.74, 6) is -0.259. The zero-order chi connectivity index (χ0) is 30.9. The molecule has 0 aromatic carbocycles. The van der Waals surface area contributed by atoms with Crippen molar-refractivity contribution in [3.8, 4) is 17.8 Å². The van der Waals surface area contributed by atoms with Crippen molar-refractivity contribution >= 4 is 17.5 Å². The predicted molar refractivity (Wildman–Crippen MR) is 168 cm³/mol. The van der Waals surface area contributed by atoms with Crippen LogP contribution < -0.4 is 26.3 Å². The van der Waals surface area contributed by atoms with Crippen molar-refractivity contribution in [2.45, 2.75) is 90.2 Å². The third kappa shape index (κ3) is 8.04. The highest BCUT2D eigenvalue weighted by Gasteiger charge is 2.47. The largest absolute Gasteiger partial charge is 0.476 e. The fourth-order valence-corrected chi connectivity index (χ4v) is 7.16.